The summed E-state index contributed by atoms with van der Waals surface area (Å²) in [6.45, 7) is 3.10. The van der Waals surface area contributed by atoms with Crippen molar-refractivity contribution in [1.29, 1.82) is 0 Å². The Morgan fingerprint density at radius 3 is 2.95 bits per heavy atom. The number of halogens is 1. The SMILES string of the molecule is O=C(O)CCCCN1CCC[C@H](OCc2ccccc2F)C1. The molecule has 4 nitrogen and oxygen atoms in total. The highest BCUT2D eigenvalue weighted by molar-refractivity contribution is 5.66. The first kappa shape index (κ1) is 16.9. The van der Waals surface area contributed by atoms with Gasteiger partial charge in [-0.1, -0.05) is 18.2 Å². The summed E-state index contributed by atoms with van der Waals surface area (Å²) in [4.78, 5) is 12.8. The molecular formula is C17H24FNO3. The predicted octanol–water partition coefficient (Wildman–Crippen LogP) is 3.06. The van der Waals surface area contributed by atoms with Gasteiger partial charge in [0.15, 0.2) is 0 Å². The summed E-state index contributed by atoms with van der Waals surface area (Å²) in [5.41, 5.74) is 0.598. The predicted molar refractivity (Wildman–Crippen MR) is 82.1 cm³/mol. The van der Waals surface area contributed by atoms with Crippen molar-refractivity contribution in [2.45, 2.75) is 44.8 Å². The molecule has 1 aliphatic heterocycles. The second-order valence-corrected chi connectivity index (χ2v) is 5.82. The summed E-state index contributed by atoms with van der Waals surface area (Å²) in [6, 6.07) is 6.70. The van der Waals surface area contributed by atoms with Crippen LogP contribution in [0.1, 0.15) is 37.7 Å². The molecule has 1 fully saturated rings. The lowest BCUT2D eigenvalue weighted by Gasteiger charge is -2.32. The van der Waals surface area contributed by atoms with Crippen LogP contribution in [0, 0.1) is 5.82 Å². The molecule has 1 N–H and O–H groups in total. The Morgan fingerprint density at radius 2 is 2.18 bits per heavy atom. The number of benzene rings is 1. The van der Waals surface area contributed by atoms with Gasteiger partial charge in [0.05, 0.1) is 12.7 Å². The summed E-state index contributed by atoms with van der Waals surface area (Å²) in [5, 5.41) is 8.63. The molecular weight excluding hydrogens is 285 g/mol. The lowest BCUT2D eigenvalue weighted by atomic mass is 10.1. The summed E-state index contributed by atoms with van der Waals surface area (Å²) in [6.07, 6.45) is 4.05. The summed E-state index contributed by atoms with van der Waals surface area (Å²) >= 11 is 0. The summed E-state index contributed by atoms with van der Waals surface area (Å²) in [7, 11) is 0. The number of carboxylic acid groups (broad SMARTS) is 1. The van der Waals surface area contributed by atoms with Gasteiger partial charge >= 0.3 is 5.97 Å². The number of piperidine rings is 1. The topological polar surface area (TPSA) is 49.8 Å². The van der Waals surface area contributed by atoms with Gasteiger partial charge in [0.1, 0.15) is 5.82 Å². The van der Waals surface area contributed by atoms with E-state index in [2.05, 4.69) is 4.90 Å². The van der Waals surface area contributed by atoms with E-state index in [9.17, 15) is 9.18 Å². The van der Waals surface area contributed by atoms with Crippen molar-refractivity contribution in [1.82, 2.24) is 4.90 Å². The quantitative estimate of drug-likeness (QED) is 0.750. The molecule has 1 aromatic rings. The molecule has 0 amide bonds. The maximum absolute atomic E-state index is 13.6. The fourth-order valence-electron chi connectivity index (χ4n) is 2.79. The van der Waals surface area contributed by atoms with Gasteiger partial charge in [-0.3, -0.25) is 4.79 Å². The van der Waals surface area contributed by atoms with E-state index in [-0.39, 0.29) is 18.3 Å². The highest BCUT2D eigenvalue weighted by atomic mass is 19.1. The van der Waals surface area contributed by atoms with Gasteiger partial charge in [-0.05, 0) is 44.8 Å². The minimum atomic E-state index is -0.732. The maximum atomic E-state index is 13.6. The van der Waals surface area contributed by atoms with Crippen LogP contribution < -0.4 is 0 Å². The molecule has 1 aliphatic rings. The molecule has 5 heteroatoms. The molecule has 0 saturated carbocycles. The van der Waals surface area contributed by atoms with E-state index in [1.165, 1.54) is 6.07 Å². The molecule has 122 valence electrons. The fourth-order valence-corrected chi connectivity index (χ4v) is 2.79. The van der Waals surface area contributed by atoms with Crippen molar-refractivity contribution in [3.63, 3.8) is 0 Å². The number of carbonyl (C=O) groups is 1. The maximum Gasteiger partial charge on any atom is 0.303 e. The van der Waals surface area contributed by atoms with Crippen LogP contribution in [0.3, 0.4) is 0 Å². The first-order valence-corrected chi connectivity index (χ1v) is 7.94. The Labute approximate surface area is 130 Å². The van der Waals surface area contributed by atoms with Crippen molar-refractivity contribution in [3.8, 4) is 0 Å². The van der Waals surface area contributed by atoms with Gasteiger partial charge in [0.2, 0.25) is 0 Å². The molecule has 1 aromatic carbocycles. The minimum Gasteiger partial charge on any atom is -0.481 e. The third kappa shape index (κ3) is 5.73. The number of carboxylic acids is 1. The van der Waals surface area contributed by atoms with Crippen LogP contribution in [0.15, 0.2) is 24.3 Å². The first-order chi connectivity index (χ1) is 10.6. The first-order valence-electron chi connectivity index (χ1n) is 7.94. The van der Waals surface area contributed by atoms with Crippen molar-refractivity contribution in [2.24, 2.45) is 0 Å². The van der Waals surface area contributed by atoms with Crippen LogP contribution in [0.2, 0.25) is 0 Å². The van der Waals surface area contributed by atoms with Crippen molar-refractivity contribution in [2.75, 3.05) is 19.6 Å². The van der Waals surface area contributed by atoms with Gasteiger partial charge in [-0.2, -0.15) is 0 Å². The minimum absolute atomic E-state index is 0.132. The Bertz CT molecular complexity index is 481. The van der Waals surface area contributed by atoms with Gasteiger partial charge in [0, 0.05) is 18.5 Å². The number of aliphatic carboxylic acids is 1. The fraction of sp³-hybridized carbons (Fsp3) is 0.588. The number of hydrogen-bond donors (Lipinski definition) is 1. The van der Waals surface area contributed by atoms with Gasteiger partial charge in [-0.15, -0.1) is 0 Å². The van der Waals surface area contributed by atoms with Crippen LogP contribution in [-0.2, 0) is 16.1 Å². The highest BCUT2D eigenvalue weighted by Crippen LogP contribution is 2.17. The highest BCUT2D eigenvalue weighted by Gasteiger charge is 2.20. The van der Waals surface area contributed by atoms with Crippen molar-refractivity contribution < 1.29 is 19.0 Å². The Balaban J connectivity index is 1.69. The number of nitrogens with zero attached hydrogens (tertiary/aromatic N) is 1. The number of likely N-dealkylation sites (tertiary alicyclic amines) is 1. The molecule has 1 atom stereocenters. The smallest absolute Gasteiger partial charge is 0.303 e. The van der Waals surface area contributed by atoms with Crippen LogP contribution >= 0.6 is 0 Å². The molecule has 22 heavy (non-hydrogen) atoms. The van der Waals surface area contributed by atoms with Crippen molar-refractivity contribution in [3.05, 3.63) is 35.6 Å². The number of rotatable bonds is 8. The molecule has 0 aliphatic carbocycles. The van der Waals surface area contributed by atoms with E-state index in [1.54, 1.807) is 12.1 Å². The van der Waals surface area contributed by atoms with Gasteiger partial charge in [0.25, 0.3) is 0 Å². The average molecular weight is 309 g/mol. The van der Waals surface area contributed by atoms with E-state index in [1.807, 2.05) is 6.07 Å². The second kappa shape index (κ2) is 8.86. The number of unbranched alkanes of at least 4 members (excludes halogenated alkanes) is 1. The zero-order valence-electron chi connectivity index (χ0n) is 12.8. The van der Waals surface area contributed by atoms with Gasteiger partial charge < -0.3 is 14.7 Å². The lowest BCUT2D eigenvalue weighted by Crippen LogP contribution is -2.40. The molecule has 0 unspecified atom stereocenters. The van der Waals surface area contributed by atoms with E-state index in [0.717, 1.165) is 38.9 Å². The van der Waals surface area contributed by atoms with E-state index in [4.69, 9.17) is 9.84 Å². The molecule has 0 aromatic heterocycles. The second-order valence-electron chi connectivity index (χ2n) is 5.82. The van der Waals surface area contributed by atoms with Crippen LogP contribution in [0.4, 0.5) is 4.39 Å². The molecule has 0 radical (unpaired) electrons. The molecule has 1 saturated heterocycles. The third-order valence-electron chi connectivity index (χ3n) is 4.01. The van der Waals surface area contributed by atoms with E-state index >= 15 is 0 Å². The Hall–Kier alpha value is -1.46. The molecule has 1 heterocycles. The zero-order valence-corrected chi connectivity index (χ0v) is 12.8. The van der Waals surface area contributed by atoms with E-state index in [0.29, 0.717) is 18.6 Å². The monoisotopic (exact) mass is 309 g/mol. The standard InChI is InChI=1S/C17H24FNO3/c18-16-8-2-1-6-14(16)13-22-15-7-5-11-19(12-15)10-4-3-9-17(20)21/h1-2,6,8,15H,3-5,7,9-13H2,(H,20,21)/t15-/m0/s1. The Morgan fingerprint density at radius 1 is 1.36 bits per heavy atom. The summed E-state index contributed by atoms with van der Waals surface area (Å²) < 4.78 is 19.4. The van der Waals surface area contributed by atoms with Crippen LogP contribution in [-0.4, -0.2) is 41.7 Å². The number of hydrogen-bond acceptors (Lipinski definition) is 3. The average Bonchev–Trinajstić information content (AvgIpc) is 2.51. The molecule has 0 spiro atoms. The largest absolute Gasteiger partial charge is 0.481 e. The third-order valence-corrected chi connectivity index (χ3v) is 4.01. The van der Waals surface area contributed by atoms with E-state index < -0.39 is 5.97 Å². The lowest BCUT2D eigenvalue weighted by molar-refractivity contribution is -0.137. The van der Waals surface area contributed by atoms with Crippen LogP contribution in [0.25, 0.3) is 0 Å². The van der Waals surface area contributed by atoms with Gasteiger partial charge in [-0.25, -0.2) is 4.39 Å². The normalized spacial score (nSPS) is 19.2. The van der Waals surface area contributed by atoms with Crippen LogP contribution in [0.5, 0.6) is 0 Å². The summed E-state index contributed by atoms with van der Waals surface area (Å²) in [5.74, 6) is -0.950. The number of ether oxygens (including phenoxy) is 1. The molecule has 0 bridgehead atoms. The molecule has 2 rings (SSSR count). The Kier molecular flexibility index (Phi) is 6.80. The zero-order chi connectivity index (χ0) is 15.8. The van der Waals surface area contributed by atoms with Crippen molar-refractivity contribution >= 4 is 5.97 Å².